The second-order valence-corrected chi connectivity index (χ2v) is 33.2. The number of carbonyl (C=O) groups is 2. The number of hydrogen-bond acceptors (Lipinski definition) is 9. The molecular formula is C79H95NO8. The molecule has 14 bridgehead atoms. The molecule has 3 aromatic rings. The fourth-order valence-electron chi connectivity index (χ4n) is 27.6. The first-order valence-corrected chi connectivity index (χ1v) is 35.7. The van der Waals surface area contributed by atoms with Crippen LogP contribution < -0.4 is 5.32 Å². The van der Waals surface area contributed by atoms with Crippen molar-refractivity contribution in [2.75, 3.05) is 7.05 Å². The highest BCUT2D eigenvalue weighted by Gasteiger charge is 2.86. The van der Waals surface area contributed by atoms with Gasteiger partial charge in [-0.1, -0.05) is 104 Å². The number of benzene rings is 3. The minimum absolute atomic E-state index is 0.0162. The second-order valence-electron chi connectivity index (χ2n) is 33.2. The number of aldehydes is 1. The Morgan fingerprint density at radius 2 is 1.59 bits per heavy atom. The molecule has 19 rings (SSSR count). The van der Waals surface area contributed by atoms with Crippen LogP contribution >= 0.6 is 0 Å². The zero-order valence-electron chi connectivity index (χ0n) is 52.0. The molecule has 16 aliphatic rings. The third kappa shape index (κ3) is 7.57. The number of nitrogens with one attached hydrogen (secondary N) is 1. The van der Waals surface area contributed by atoms with Crippen LogP contribution in [0.2, 0.25) is 0 Å². The quantitative estimate of drug-likeness (QED) is 0.0746. The van der Waals surface area contributed by atoms with Crippen molar-refractivity contribution >= 4 is 12.3 Å². The summed E-state index contributed by atoms with van der Waals surface area (Å²) in [6, 6.07) is 26.7. The van der Waals surface area contributed by atoms with Crippen molar-refractivity contribution in [1.29, 1.82) is 0 Å². The number of aliphatic hydroxyl groups excluding tert-OH is 1. The van der Waals surface area contributed by atoms with Crippen LogP contribution in [0.15, 0.2) is 96.6 Å². The molecule has 0 radical (unpaired) electrons. The Hall–Kier alpha value is -4.40. The first kappa shape index (κ1) is 56.4. The number of rotatable bonds is 4. The lowest BCUT2D eigenvalue weighted by atomic mass is 9.32. The summed E-state index contributed by atoms with van der Waals surface area (Å²) >= 11 is 0. The summed E-state index contributed by atoms with van der Waals surface area (Å²) in [5.41, 5.74) is -0.0553. The molecule has 10 saturated carbocycles. The summed E-state index contributed by atoms with van der Waals surface area (Å²) in [6.45, 7) is -0.0963. The number of esters is 1. The molecule has 3 spiro atoms. The largest absolute Gasteiger partial charge is 0.454 e. The zero-order chi connectivity index (χ0) is 59.3. The maximum absolute atomic E-state index is 16.2. The van der Waals surface area contributed by atoms with Crippen molar-refractivity contribution in [1.82, 2.24) is 5.32 Å². The van der Waals surface area contributed by atoms with Gasteiger partial charge in [-0.25, -0.2) is 4.79 Å². The van der Waals surface area contributed by atoms with Gasteiger partial charge in [0.2, 0.25) is 0 Å². The topological polar surface area (TPSA) is 146 Å². The van der Waals surface area contributed by atoms with Crippen molar-refractivity contribution in [3.8, 4) is 11.8 Å². The van der Waals surface area contributed by atoms with E-state index in [0.29, 0.717) is 80.5 Å². The lowest BCUT2D eigenvalue weighted by Gasteiger charge is -2.75. The summed E-state index contributed by atoms with van der Waals surface area (Å²) in [5.74, 6) is 9.10. The van der Waals surface area contributed by atoms with Gasteiger partial charge < -0.3 is 40.0 Å². The number of likely N-dealkylation sites (N-methyl/N-ethyl adjacent to an activating group) is 1. The van der Waals surface area contributed by atoms with Crippen LogP contribution in [0.1, 0.15) is 181 Å². The predicted molar refractivity (Wildman–Crippen MR) is 336 cm³/mol. The summed E-state index contributed by atoms with van der Waals surface area (Å²) in [5, 5.41) is 61.4. The molecule has 25 unspecified atom stereocenters. The molecule has 13 aliphatic carbocycles. The van der Waals surface area contributed by atoms with Gasteiger partial charge in [-0.15, -0.1) is 0 Å². The fourth-order valence-corrected chi connectivity index (χ4v) is 27.6. The molecule has 0 amide bonds. The summed E-state index contributed by atoms with van der Waals surface area (Å²) in [7, 11) is 2.00. The number of fused-ring (bicyclic) bond motifs is 11. The smallest absolute Gasteiger partial charge is 0.331 e. The van der Waals surface area contributed by atoms with Crippen molar-refractivity contribution in [3.05, 3.63) is 130 Å². The monoisotopic (exact) mass is 1190 g/mol. The van der Waals surface area contributed by atoms with Gasteiger partial charge in [0.25, 0.3) is 0 Å². The maximum atomic E-state index is 16.2. The van der Waals surface area contributed by atoms with Crippen LogP contribution in [0.5, 0.6) is 0 Å². The van der Waals surface area contributed by atoms with E-state index in [1.807, 2.05) is 19.2 Å². The third-order valence-electron chi connectivity index (χ3n) is 30.4. The maximum Gasteiger partial charge on any atom is 0.331 e. The number of hydrogen-bond donors (Lipinski definition) is 5. The van der Waals surface area contributed by atoms with E-state index in [1.54, 1.807) is 6.08 Å². The Bertz CT molecular complexity index is 3450. The average molecular weight is 1190 g/mol. The number of aliphatic hydroxyl groups is 4. The Morgan fingerprint density at radius 3 is 2.42 bits per heavy atom. The van der Waals surface area contributed by atoms with Gasteiger partial charge in [0.1, 0.15) is 18.0 Å². The standard InChI is InChI=1S/C79H95NO8/c1-80-67-38-61-50(14-8-16-54(61)42-81)22-26-73(24-5-6-25-73)43-74-27-23-68-75(45-82)44-76-57(33-55-32-51(20-21-65(55)76)49-12-3-2-4-13-49)36-59-31-47-11-7-10-46(28-47)29-48-18-19-53(30-48)60-17-9-15-52-35-66(72(76)87-59)79(75,86)58(37-62(52)60)41-77(68,84)78(74,85)40-56-34-63(67)71-64(70(56)74)39-69(83)88-71/h2-4,7-16,28,39,45,48,51-53,55-60,62-63,65-68,70-72,80-81,84-86H,5-6,17-21,23-25,27,29-38,40-44H2,1H3. The zero-order valence-corrected chi connectivity index (χ0v) is 52.0. The highest BCUT2D eigenvalue weighted by Crippen LogP contribution is 2.82. The van der Waals surface area contributed by atoms with Crippen molar-refractivity contribution in [2.24, 2.45) is 105 Å². The van der Waals surface area contributed by atoms with Crippen LogP contribution in [-0.2, 0) is 44.9 Å². The van der Waals surface area contributed by atoms with Crippen LogP contribution in [0.4, 0.5) is 0 Å². The van der Waals surface area contributed by atoms with Crippen LogP contribution in [0.25, 0.3) is 0 Å². The molecular weight excluding hydrogens is 1090 g/mol. The van der Waals surface area contributed by atoms with Gasteiger partial charge >= 0.3 is 5.97 Å². The summed E-state index contributed by atoms with van der Waals surface area (Å²) in [4.78, 5) is 30.5. The Kier molecular flexibility index (Phi) is 12.8. The molecule has 11 fully saturated rings. The van der Waals surface area contributed by atoms with Gasteiger partial charge in [0, 0.05) is 51.7 Å². The van der Waals surface area contributed by atoms with E-state index in [4.69, 9.17) is 9.47 Å². The Labute approximate surface area is 522 Å². The molecule has 0 aromatic heterocycles. The third-order valence-corrected chi connectivity index (χ3v) is 30.4. The van der Waals surface area contributed by atoms with Crippen LogP contribution in [0, 0.1) is 116 Å². The highest BCUT2D eigenvalue weighted by molar-refractivity contribution is 5.86. The van der Waals surface area contributed by atoms with E-state index >= 15 is 20.1 Å². The van der Waals surface area contributed by atoms with Gasteiger partial charge in [-0.2, -0.15) is 0 Å². The van der Waals surface area contributed by atoms with Gasteiger partial charge in [0.05, 0.1) is 35.4 Å². The van der Waals surface area contributed by atoms with E-state index in [0.717, 1.165) is 112 Å². The normalized spacial score (nSPS) is 49.2. The molecule has 25 atom stereocenters. The van der Waals surface area contributed by atoms with Crippen molar-refractivity contribution < 1.29 is 39.5 Å². The van der Waals surface area contributed by atoms with E-state index < -0.39 is 56.4 Å². The van der Waals surface area contributed by atoms with Crippen LogP contribution in [-0.4, -0.2) is 80.9 Å². The number of allylic oxidation sites excluding steroid dienone is 2. The van der Waals surface area contributed by atoms with E-state index in [2.05, 4.69) is 90.0 Å². The number of carbonyl (C=O) groups excluding carboxylic acids is 2. The minimum atomic E-state index is -1.75. The molecule has 9 heteroatoms. The lowest BCUT2D eigenvalue weighted by Crippen LogP contribution is -2.83. The lowest BCUT2D eigenvalue weighted by molar-refractivity contribution is -0.371. The SMILES string of the molecule is CNC1Cc2c(cccc2CO)C#CC2(CCCC2)CC23CCC4C(O)(CC5CC6C7C=CCC6C6CCC(Cc8cccc(c8)CC8CC9CC%10CC(c%11ccccc%11)CCC%10C9%10CC4(C=O)C5(O)C(C7)C%10O8)C6)C2(O)CC2CC1C1OC(=O)C=C1C23. The predicted octanol–water partition coefficient (Wildman–Crippen LogP) is 12.1. The molecule has 3 heterocycles. The molecule has 464 valence electrons. The molecule has 5 N–H and O–H groups in total. The second kappa shape index (κ2) is 20.1. The molecule has 3 aromatic carbocycles. The van der Waals surface area contributed by atoms with Crippen molar-refractivity contribution in [2.45, 2.75) is 214 Å². The summed E-state index contributed by atoms with van der Waals surface area (Å²) in [6.07, 6.45) is 28.6. The average Bonchev–Trinajstić information content (AvgIpc) is 1.23. The van der Waals surface area contributed by atoms with E-state index in [9.17, 15) is 9.90 Å². The van der Waals surface area contributed by atoms with E-state index in [-0.39, 0.29) is 78.7 Å². The minimum Gasteiger partial charge on any atom is -0.454 e. The Morgan fingerprint density at radius 1 is 0.750 bits per heavy atom. The Balaban J connectivity index is 0.842. The van der Waals surface area contributed by atoms with E-state index in [1.165, 1.54) is 42.2 Å². The molecule has 88 heavy (non-hydrogen) atoms. The molecule has 3 aliphatic heterocycles. The first-order chi connectivity index (χ1) is 42.8. The summed E-state index contributed by atoms with van der Waals surface area (Å²) < 4.78 is 14.8. The highest BCUT2D eigenvalue weighted by atomic mass is 16.5. The van der Waals surface area contributed by atoms with Crippen LogP contribution in [0.3, 0.4) is 0 Å². The van der Waals surface area contributed by atoms with Crippen molar-refractivity contribution in [3.63, 3.8) is 0 Å². The van der Waals surface area contributed by atoms with Gasteiger partial charge in [-0.05, 0) is 265 Å². The molecule has 1 saturated heterocycles. The van der Waals surface area contributed by atoms with Gasteiger partial charge in [-0.3, -0.25) is 0 Å². The van der Waals surface area contributed by atoms with Gasteiger partial charge in [0.15, 0.2) is 0 Å². The first-order valence-electron chi connectivity index (χ1n) is 35.7. The fraction of sp³-hybridized carbons (Fsp3) is 0.671. The molecule has 9 nitrogen and oxygen atoms in total. The number of ether oxygens (including phenoxy) is 2.